The predicted octanol–water partition coefficient (Wildman–Crippen LogP) is 14.0. The molecule has 3 aliphatic heterocycles. The Morgan fingerprint density at radius 1 is 0.824 bits per heavy atom. The van der Waals surface area contributed by atoms with Crippen molar-refractivity contribution in [1.82, 2.24) is 0 Å². The predicted molar refractivity (Wildman–Crippen MR) is 280 cm³/mol. The summed E-state index contributed by atoms with van der Waals surface area (Å²) in [5.41, 5.74) is 4.17. The lowest BCUT2D eigenvalue weighted by Gasteiger charge is -2.41. The first-order chi connectivity index (χ1) is 32.0. The van der Waals surface area contributed by atoms with Crippen LogP contribution in [0, 0.1) is 5.41 Å². The van der Waals surface area contributed by atoms with E-state index in [4.69, 9.17) is 37.6 Å². The maximum atomic E-state index is 13.3. The normalized spacial score (nSPS) is 23.5. The fraction of sp³-hybridized carbons (Fsp3) is 0.632. The van der Waals surface area contributed by atoms with Gasteiger partial charge in [-0.05, 0) is 113 Å². The summed E-state index contributed by atoms with van der Waals surface area (Å²) in [6, 6.07) is 18.1. The second-order valence-corrected chi connectivity index (χ2v) is 29.1. The summed E-state index contributed by atoms with van der Waals surface area (Å²) in [7, 11) is -0.471. The highest BCUT2D eigenvalue weighted by Crippen LogP contribution is 2.41. The Kier molecular flexibility index (Phi) is 20.9. The smallest absolute Gasteiger partial charge is 0.192 e. The van der Waals surface area contributed by atoms with E-state index in [9.17, 15) is 4.79 Å². The minimum absolute atomic E-state index is 0.0214. The quantitative estimate of drug-likeness (QED) is 0.0464. The van der Waals surface area contributed by atoms with Gasteiger partial charge in [-0.15, -0.1) is 0 Å². The molecular formula is C57H86O9SSi. The number of hydrogen-bond donors (Lipinski definition) is 0. The van der Waals surface area contributed by atoms with Crippen LogP contribution in [-0.2, 0) is 50.9 Å². The minimum Gasteiger partial charge on any atom is -0.497 e. The zero-order valence-electron chi connectivity index (χ0n) is 43.7. The average molecular weight is 975 g/mol. The molecule has 3 aliphatic rings. The van der Waals surface area contributed by atoms with Crippen LogP contribution in [0.4, 0.5) is 0 Å². The van der Waals surface area contributed by atoms with Gasteiger partial charge in [-0.3, -0.25) is 4.79 Å². The number of thioether (sulfide) groups is 1. The lowest BCUT2D eigenvalue weighted by Crippen LogP contribution is -2.46. The van der Waals surface area contributed by atoms with Crippen molar-refractivity contribution in [2.75, 3.05) is 13.9 Å². The van der Waals surface area contributed by atoms with E-state index in [1.165, 1.54) is 22.9 Å². The zero-order valence-corrected chi connectivity index (χ0v) is 45.6. The summed E-state index contributed by atoms with van der Waals surface area (Å²) in [6.45, 7) is 34.0. The van der Waals surface area contributed by atoms with Crippen molar-refractivity contribution in [2.24, 2.45) is 5.41 Å². The molecule has 0 radical (unpaired) electrons. The largest absolute Gasteiger partial charge is 0.497 e. The molecule has 2 fully saturated rings. The van der Waals surface area contributed by atoms with Gasteiger partial charge in [0.05, 0.1) is 63.1 Å². The molecule has 0 spiro atoms. The molecule has 0 amide bonds. The van der Waals surface area contributed by atoms with Crippen molar-refractivity contribution in [2.45, 2.75) is 211 Å². The standard InChI is InChI=1S/C57H86O9SSi/c1-40-29-47(63-48(30-40)33-49-31-41(2)32-50(64-49)34-51(36-54(58)67-55(4,5)6)66-68(13,14)56(7,8)9)27-28-57(10,11)53-22-18-21-46(65-53)35-52(61-38-44-23-25-45(59-12)26-24-44)42(3)62-39-60-37-43-19-16-15-17-20-43/h15-17,19-20,22-28,42,46-52H,1-2,18,21,29-39H2,3-14H3/b28-27+/t42-,46+,47+,48+,49-,50+,51-,52-/m1/s1. The van der Waals surface area contributed by atoms with E-state index >= 15 is 0 Å². The fourth-order valence-electron chi connectivity index (χ4n) is 8.85. The molecule has 9 nitrogen and oxygen atoms in total. The maximum absolute atomic E-state index is 13.3. The summed E-state index contributed by atoms with van der Waals surface area (Å²) in [4.78, 5) is 13.3. The van der Waals surface area contributed by atoms with Crippen molar-refractivity contribution in [1.29, 1.82) is 0 Å². The van der Waals surface area contributed by atoms with Gasteiger partial charge in [0, 0.05) is 29.4 Å². The van der Waals surface area contributed by atoms with Gasteiger partial charge in [-0.2, -0.15) is 0 Å². The number of benzene rings is 2. The van der Waals surface area contributed by atoms with Gasteiger partial charge >= 0.3 is 0 Å². The van der Waals surface area contributed by atoms with E-state index < -0.39 is 8.32 Å². The highest BCUT2D eigenvalue weighted by atomic mass is 32.2. The van der Waals surface area contributed by atoms with E-state index in [2.05, 4.69) is 107 Å². The third-order valence-corrected chi connectivity index (χ3v) is 19.1. The maximum Gasteiger partial charge on any atom is 0.192 e. The first-order valence-electron chi connectivity index (χ1n) is 25.0. The van der Waals surface area contributed by atoms with Gasteiger partial charge in [-0.1, -0.05) is 132 Å². The highest BCUT2D eigenvalue weighted by molar-refractivity contribution is 8.14. The first kappa shape index (κ1) is 55.9. The van der Waals surface area contributed by atoms with Crippen molar-refractivity contribution in [3.8, 4) is 5.75 Å². The topological polar surface area (TPSA) is 90.9 Å². The zero-order chi connectivity index (χ0) is 49.7. The Bertz CT molecular complexity index is 1960. The fourth-order valence-corrected chi connectivity index (χ4v) is 11.2. The third kappa shape index (κ3) is 18.6. The van der Waals surface area contributed by atoms with Gasteiger partial charge in [0.2, 0.25) is 0 Å². The van der Waals surface area contributed by atoms with E-state index in [0.29, 0.717) is 32.5 Å². The van der Waals surface area contributed by atoms with Crippen molar-refractivity contribution < 1.29 is 42.4 Å². The summed E-state index contributed by atoms with van der Waals surface area (Å²) in [5.74, 6) is 1.77. The van der Waals surface area contributed by atoms with Crippen LogP contribution in [-0.4, -0.2) is 80.9 Å². The van der Waals surface area contributed by atoms with Crippen LogP contribution in [0.15, 0.2) is 103 Å². The minimum atomic E-state index is -2.14. The molecule has 378 valence electrons. The molecule has 8 atom stereocenters. The monoisotopic (exact) mass is 975 g/mol. The third-order valence-electron chi connectivity index (χ3n) is 13.6. The summed E-state index contributed by atoms with van der Waals surface area (Å²) < 4.78 is 51.4. The van der Waals surface area contributed by atoms with E-state index in [1.54, 1.807) is 7.11 Å². The number of rotatable bonds is 23. The van der Waals surface area contributed by atoms with Crippen LogP contribution in [0.1, 0.15) is 138 Å². The van der Waals surface area contributed by atoms with Gasteiger partial charge in [0.25, 0.3) is 0 Å². The van der Waals surface area contributed by atoms with Crippen LogP contribution in [0.5, 0.6) is 5.75 Å². The number of ether oxygens (including phenoxy) is 7. The SMILES string of the molecule is C=C1C[C@H](C[C@@H]2CC(=C)C[C@H](/C=C/C(C)(C)C3=CCC[C@@H](C[C@@H](OCc4ccc(OC)cc4)[C@@H](C)OCOCc4ccccc4)O3)O2)O[C@H](C[C@H](CC(=O)SC(C)(C)C)O[Si](C)(C)C(C)(C)C)C1. The number of allylic oxidation sites excluding steroid dienone is 2. The summed E-state index contributed by atoms with van der Waals surface area (Å²) >= 11 is 1.41. The molecule has 0 bridgehead atoms. The van der Waals surface area contributed by atoms with E-state index in [1.807, 2.05) is 54.6 Å². The Morgan fingerprint density at radius 2 is 1.47 bits per heavy atom. The molecule has 11 heteroatoms. The average Bonchev–Trinajstić information content (AvgIpc) is 3.25. The summed E-state index contributed by atoms with van der Waals surface area (Å²) in [5, 5.41) is 0.202. The Morgan fingerprint density at radius 3 is 2.13 bits per heavy atom. The molecule has 0 saturated carbocycles. The molecule has 68 heavy (non-hydrogen) atoms. The van der Waals surface area contributed by atoms with Gasteiger partial charge in [0.15, 0.2) is 13.4 Å². The highest BCUT2D eigenvalue weighted by Gasteiger charge is 2.41. The number of carbonyl (C=O) groups excluding carboxylic acids is 1. The van der Waals surface area contributed by atoms with Crippen LogP contribution < -0.4 is 4.74 Å². The first-order valence-corrected chi connectivity index (χ1v) is 28.8. The van der Waals surface area contributed by atoms with Gasteiger partial charge in [0.1, 0.15) is 24.4 Å². The second kappa shape index (κ2) is 25.4. The molecule has 0 aromatic heterocycles. The van der Waals surface area contributed by atoms with Gasteiger partial charge in [-0.25, -0.2) is 0 Å². The molecule has 2 aromatic carbocycles. The Balaban J connectivity index is 1.17. The van der Waals surface area contributed by atoms with Crippen LogP contribution in [0.25, 0.3) is 0 Å². The Hall–Kier alpha value is -3.00. The van der Waals surface area contributed by atoms with E-state index in [0.717, 1.165) is 67.6 Å². The van der Waals surface area contributed by atoms with Crippen molar-refractivity contribution in [3.05, 3.63) is 114 Å². The molecule has 0 aliphatic carbocycles. The Labute approximate surface area is 416 Å². The molecule has 0 unspecified atom stereocenters. The number of carbonyl (C=O) groups is 1. The lowest BCUT2D eigenvalue weighted by atomic mass is 9.86. The van der Waals surface area contributed by atoms with E-state index in [-0.39, 0.29) is 75.9 Å². The van der Waals surface area contributed by atoms with Crippen molar-refractivity contribution in [3.63, 3.8) is 0 Å². The molecule has 2 aromatic rings. The summed E-state index contributed by atoms with van der Waals surface area (Å²) in [6.07, 6.45) is 13.2. The van der Waals surface area contributed by atoms with Crippen LogP contribution in [0.3, 0.4) is 0 Å². The molecule has 3 heterocycles. The molecule has 5 rings (SSSR count). The van der Waals surface area contributed by atoms with Crippen molar-refractivity contribution >= 4 is 25.2 Å². The molecule has 0 N–H and O–H groups in total. The number of methoxy groups -OCH3 is 1. The molecule has 2 saturated heterocycles. The molecular weight excluding hydrogens is 889 g/mol. The number of hydrogen-bond acceptors (Lipinski definition) is 10. The van der Waals surface area contributed by atoms with Crippen LogP contribution >= 0.6 is 11.8 Å². The second-order valence-electron chi connectivity index (χ2n) is 22.5. The van der Waals surface area contributed by atoms with Gasteiger partial charge < -0.3 is 37.6 Å². The van der Waals surface area contributed by atoms with Crippen LogP contribution in [0.2, 0.25) is 18.1 Å². The lowest BCUT2D eigenvalue weighted by molar-refractivity contribution is -0.147.